The standard InChI is InChI=1S/C16H23N3O5/c1-11(18-14(20)8-7-12-5-4-10-24-12)15(21)19-13(16(22)23)6-2-3-9-17/h4-5,7-8,10-11,13H,2-3,6,9,17H2,1H3,(H,18,20)(H,19,21)(H,22,23)/b8-7+/t11?,13-/m0/s1. The first kappa shape index (κ1) is 19.4. The summed E-state index contributed by atoms with van der Waals surface area (Å²) in [5.41, 5.74) is 5.36. The van der Waals surface area contributed by atoms with Gasteiger partial charge in [0.2, 0.25) is 11.8 Å². The van der Waals surface area contributed by atoms with Crippen LogP contribution >= 0.6 is 0 Å². The molecule has 2 atom stereocenters. The Labute approximate surface area is 140 Å². The Kier molecular flexibility index (Phi) is 8.28. The Morgan fingerprint density at radius 2 is 2.08 bits per heavy atom. The fraction of sp³-hybridized carbons (Fsp3) is 0.438. The summed E-state index contributed by atoms with van der Waals surface area (Å²) in [6, 6.07) is 1.50. The molecular formula is C16H23N3O5. The van der Waals surface area contributed by atoms with Gasteiger partial charge in [0.15, 0.2) is 0 Å². The summed E-state index contributed by atoms with van der Waals surface area (Å²) in [6.45, 7) is 1.95. The van der Waals surface area contributed by atoms with Crippen LogP contribution in [0.4, 0.5) is 0 Å². The smallest absolute Gasteiger partial charge is 0.326 e. The Hall–Kier alpha value is -2.61. The van der Waals surface area contributed by atoms with Crippen molar-refractivity contribution in [2.75, 3.05) is 6.54 Å². The van der Waals surface area contributed by atoms with Crippen molar-refractivity contribution in [2.24, 2.45) is 5.73 Å². The van der Waals surface area contributed by atoms with Crippen molar-refractivity contribution >= 4 is 23.9 Å². The molecule has 0 aliphatic rings. The van der Waals surface area contributed by atoms with Crippen LogP contribution in [0.25, 0.3) is 6.08 Å². The topological polar surface area (TPSA) is 135 Å². The number of nitrogens with two attached hydrogens (primary N) is 1. The van der Waals surface area contributed by atoms with Crippen LogP contribution in [0.5, 0.6) is 0 Å². The van der Waals surface area contributed by atoms with E-state index >= 15 is 0 Å². The number of carbonyl (C=O) groups is 3. The van der Waals surface area contributed by atoms with Crippen LogP contribution in [-0.4, -0.2) is 41.5 Å². The van der Waals surface area contributed by atoms with E-state index in [9.17, 15) is 14.4 Å². The van der Waals surface area contributed by atoms with Crippen molar-refractivity contribution in [1.82, 2.24) is 10.6 Å². The van der Waals surface area contributed by atoms with E-state index in [1.165, 1.54) is 25.3 Å². The minimum absolute atomic E-state index is 0.289. The van der Waals surface area contributed by atoms with Crippen LogP contribution in [0, 0.1) is 0 Å². The van der Waals surface area contributed by atoms with Crippen LogP contribution < -0.4 is 16.4 Å². The zero-order chi connectivity index (χ0) is 17.9. The quantitative estimate of drug-likeness (QED) is 0.363. The predicted octanol–water partition coefficient (Wildman–Crippen LogP) is 0.496. The third-order valence-corrected chi connectivity index (χ3v) is 3.26. The van der Waals surface area contributed by atoms with Crippen LogP contribution in [0.1, 0.15) is 31.9 Å². The van der Waals surface area contributed by atoms with Gasteiger partial charge in [-0.3, -0.25) is 9.59 Å². The number of amides is 2. The number of aliphatic carboxylic acids is 1. The van der Waals surface area contributed by atoms with Gasteiger partial charge < -0.3 is 25.9 Å². The maximum absolute atomic E-state index is 12.0. The molecule has 132 valence electrons. The number of carbonyl (C=O) groups excluding carboxylic acids is 2. The number of hydrogen-bond donors (Lipinski definition) is 4. The maximum atomic E-state index is 12.0. The summed E-state index contributed by atoms with van der Waals surface area (Å²) in [7, 11) is 0. The molecule has 1 heterocycles. The summed E-state index contributed by atoms with van der Waals surface area (Å²) in [4.78, 5) is 34.9. The fourth-order valence-corrected chi connectivity index (χ4v) is 1.92. The highest BCUT2D eigenvalue weighted by Crippen LogP contribution is 2.03. The largest absolute Gasteiger partial charge is 0.480 e. The molecule has 0 saturated carbocycles. The molecule has 1 aromatic heterocycles. The first-order chi connectivity index (χ1) is 11.4. The minimum atomic E-state index is -1.11. The van der Waals surface area contributed by atoms with Crippen LogP contribution in [0.15, 0.2) is 28.9 Å². The van der Waals surface area contributed by atoms with E-state index < -0.39 is 29.9 Å². The first-order valence-corrected chi connectivity index (χ1v) is 7.69. The molecule has 1 unspecified atom stereocenters. The second-order valence-electron chi connectivity index (χ2n) is 5.26. The third kappa shape index (κ3) is 7.10. The van der Waals surface area contributed by atoms with E-state index in [-0.39, 0.29) is 6.42 Å². The maximum Gasteiger partial charge on any atom is 0.326 e. The Morgan fingerprint density at radius 1 is 1.33 bits per heavy atom. The van der Waals surface area contributed by atoms with Gasteiger partial charge in [-0.1, -0.05) is 0 Å². The van der Waals surface area contributed by atoms with Crippen LogP contribution in [0.3, 0.4) is 0 Å². The van der Waals surface area contributed by atoms with Crippen molar-refractivity contribution in [3.63, 3.8) is 0 Å². The highest BCUT2D eigenvalue weighted by Gasteiger charge is 2.23. The Balaban J connectivity index is 2.47. The number of rotatable bonds is 10. The molecular weight excluding hydrogens is 314 g/mol. The van der Waals surface area contributed by atoms with Crippen molar-refractivity contribution in [1.29, 1.82) is 0 Å². The zero-order valence-corrected chi connectivity index (χ0v) is 13.5. The monoisotopic (exact) mass is 337 g/mol. The predicted molar refractivity (Wildman–Crippen MR) is 87.8 cm³/mol. The highest BCUT2D eigenvalue weighted by molar-refractivity contribution is 5.95. The fourth-order valence-electron chi connectivity index (χ4n) is 1.92. The summed E-state index contributed by atoms with van der Waals surface area (Å²) in [5, 5.41) is 14.0. The van der Waals surface area contributed by atoms with Crippen LogP contribution in [-0.2, 0) is 14.4 Å². The molecule has 0 bridgehead atoms. The van der Waals surface area contributed by atoms with Gasteiger partial charge in [-0.2, -0.15) is 0 Å². The molecule has 5 N–H and O–H groups in total. The van der Waals surface area contributed by atoms with Gasteiger partial charge in [-0.15, -0.1) is 0 Å². The molecule has 0 spiro atoms. The molecule has 1 aromatic rings. The van der Waals surface area contributed by atoms with E-state index in [4.69, 9.17) is 15.3 Å². The lowest BCUT2D eigenvalue weighted by Crippen LogP contribution is -2.50. The molecule has 8 nitrogen and oxygen atoms in total. The van der Waals surface area contributed by atoms with Crippen molar-refractivity contribution < 1.29 is 23.9 Å². The minimum Gasteiger partial charge on any atom is -0.480 e. The highest BCUT2D eigenvalue weighted by atomic mass is 16.4. The molecule has 2 amide bonds. The number of carboxylic acids is 1. The first-order valence-electron chi connectivity index (χ1n) is 7.69. The number of furan rings is 1. The molecule has 1 rings (SSSR count). The molecule has 0 fully saturated rings. The van der Waals surface area contributed by atoms with E-state index in [0.717, 1.165) is 0 Å². The Morgan fingerprint density at radius 3 is 2.67 bits per heavy atom. The molecule has 24 heavy (non-hydrogen) atoms. The second-order valence-corrected chi connectivity index (χ2v) is 5.26. The molecule has 0 radical (unpaired) electrons. The zero-order valence-electron chi connectivity index (χ0n) is 13.5. The average Bonchev–Trinajstić information content (AvgIpc) is 3.05. The van der Waals surface area contributed by atoms with Gasteiger partial charge in [-0.25, -0.2) is 4.79 Å². The SMILES string of the molecule is CC(NC(=O)/C=C/c1ccco1)C(=O)N[C@@H](CCCCN)C(=O)O. The summed E-state index contributed by atoms with van der Waals surface area (Å²) < 4.78 is 5.04. The van der Waals surface area contributed by atoms with Crippen LogP contribution in [0.2, 0.25) is 0 Å². The van der Waals surface area contributed by atoms with Gasteiger partial charge in [0, 0.05) is 6.08 Å². The number of carboxylic acid groups (broad SMARTS) is 1. The number of hydrogen-bond acceptors (Lipinski definition) is 5. The van der Waals surface area contributed by atoms with Gasteiger partial charge in [-0.05, 0) is 50.9 Å². The van der Waals surface area contributed by atoms with Gasteiger partial charge in [0.05, 0.1) is 6.26 Å². The lowest BCUT2D eigenvalue weighted by atomic mass is 10.1. The Bertz CT molecular complexity index is 568. The van der Waals surface area contributed by atoms with E-state index in [2.05, 4.69) is 10.6 Å². The molecule has 0 aromatic carbocycles. The van der Waals surface area contributed by atoms with Crippen molar-refractivity contribution in [3.8, 4) is 0 Å². The number of unbranched alkanes of at least 4 members (excludes halogenated alkanes) is 1. The van der Waals surface area contributed by atoms with E-state index in [0.29, 0.717) is 25.1 Å². The molecule has 8 heteroatoms. The van der Waals surface area contributed by atoms with Gasteiger partial charge >= 0.3 is 5.97 Å². The van der Waals surface area contributed by atoms with Gasteiger partial charge in [0.1, 0.15) is 17.8 Å². The van der Waals surface area contributed by atoms with Crippen molar-refractivity contribution in [3.05, 3.63) is 30.2 Å². The van der Waals surface area contributed by atoms with Crippen molar-refractivity contribution in [2.45, 2.75) is 38.3 Å². The lowest BCUT2D eigenvalue weighted by molar-refractivity contribution is -0.142. The summed E-state index contributed by atoms with van der Waals surface area (Å²) >= 11 is 0. The average molecular weight is 337 g/mol. The number of nitrogens with one attached hydrogen (secondary N) is 2. The summed E-state index contributed by atoms with van der Waals surface area (Å²) in [5.74, 6) is -1.65. The molecule has 0 aliphatic heterocycles. The molecule has 0 aliphatic carbocycles. The third-order valence-electron chi connectivity index (χ3n) is 3.26. The second kappa shape index (κ2) is 10.2. The van der Waals surface area contributed by atoms with E-state index in [1.54, 1.807) is 12.1 Å². The lowest BCUT2D eigenvalue weighted by Gasteiger charge is -2.18. The molecule has 0 saturated heterocycles. The summed E-state index contributed by atoms with van der Waals surface area (Å²) in [6.07, 6.45) is 5.75. The van der Waals surface area contributed by atoms with E-state index in [1.807, 2.05) is 0 Å². The van der Waals surface area contributed by atoms with Gasteiger partial charge in [0.25, 0.3) is 0 Å². The normalized spacial score (nSPS) is 13.4.